The lowest BCUT2D eigenvalue weighted by atomic mass is 10.1. The van der Waals surface area contributed by atoms with Crippen LogP contribution < -0.4 is 10.1 Å². The van der Waals surface area contributed by atoms with Crippen molar-refractivity contribution < 1.29 is 9.53 Å². The predicted molar refractivity (Wildman–Crippen MR) is 99.0 cm³/mol. The number of aryl methyl sites for hydroxylation is 1. The van der Waals surface area contributed by atoms with Crippen LogP contribution in [0.2, 0.25) is 0 Å². The Bertz CT molecular complexity index is 848. The highest BCUT2D eigenvalue weighted by atomic mass is 79.9. The highest BCUT2D eigenvalue weighted by molar-refractivity contribution is 9.10. The Morgan fingerprint density at radius 2 is 1.88 bits per heavy atom. The van der Waals surface area contributed by atoms with E-state index in [0.29, 0.717) is 5.75 Å². The van der Waals surface area contributed by atoms with Gasteiger partial charge in [-0.05, 0) is 48.4 Å². The maximum absolute atomic E-state index is 12.1. The van der Waals surface area contributed by atoms with E-state index in [4.69, 9.17) is 4.74 Å². The van der Waals surface area contributed by atoms with E-state index in [9.17, 15) is 4.79 Å². The van der Waals surface area contributed by atoms with Crippen LogP contribution in [0.1, 0.15) is 12.5 Å². The molecule has 1 aromatic heterocycles. The number of hydrogen-bond donors (Lipinski definition) is 1. The molecular formula is C18H17BrN4O2. The minimum Gasteiger partial charge on any atom is -0.482 e. The lowest BCUT2D eigenvalue weighted by molar-refractivity contribution is -0.118. The molecule has 2 aromatic carbocycles. The van der Waals surface area contributed by atoms with Crippen LogP contribution in [0.5, 0.6) is 5.75 Å². The van der Waals surface area contributed by atoms with Crippen LogP contribution in [-0.2, 0) is 11.2 Å². The zero-order valence-corrected chi connectivity index (χ0v) is 15.2. The van der Waals surface area contributed by atoms with E-state index in [-0.39, 0.29) is 12.5 Å². The van der Waals surface area contributed by atoms with Gasteiger partial charge in [0.2, 0.25) is 0 Å². The third kappa shape index (κ3) is 4.45. The van der Waals surface area contributed by atoms with Crippen LogP contribution in [0.15, 0.2) is 59.6 Å². The number of carbonyl (C=O) groups is 1. The lowest BCUT2D eigenvalue weighted by Gasteiger charge is -2.13. The average Bonchev–Trinajstić information content (AvgIpc) is 3.16. The Morgan fingerprint density at radius 1 is 1.16 bits per heavy atom. The highest BCUT2D eigenvalue weighted by Crippen LogP contribution is 2.24. The molecule has 0 saturated carbocycles. The van der Waals surface area contributed by atoms with Gasteiger partial charge in [-0.25, -0.2) is 0 Å². The summed E-state index contributed by atoms with van der Waals surface area (Å²) in [6, 6.07) is 13.2. The Labute approximate surface area is 154 Å². The van der Waals surface area contributed by atoms with E-state index < -0.39 is 0 Å². The van der Waals surface area contributed by atoms with Gasteiger partial charge in [-0.1, -0.05) is 28.9 Å². The maximum Gasteiger partial charge on any atom is 0.262 e. The van der Waals surface area contributed by atoms with E-state index in [0.717, 1.165) is 27.8 Å². The Balaban J connectivity index is 1.70. The Hall–Kier alpha value is -2.67. The molecule has 0 spiro atoms. The van der Waals surface area contributed by atoms with Crippen molar-refractivity contribution in [1.29, 1.82) is 0 Å². The molecule has 1 N–H and O–H groups in total. The number of rotatable bonds is 6. The molecule has 128 valence electrons. The molecule has 1 amide bonds. The van der Waals surface area contributed by atoms with Crippen LogP contribution in [0, 0.1) is 0 Å². The first-order chi connectivity index (χ1) is 12.2. The molecule has 1 heterocycles. The standard InChI is InChI=1S/C18H17BrN4O2/c1-2-13-3-8-17(16(9-13)23-11-20-21-12-23)25-10-18(24)22-15-6-4-14(19)5-7-15/h3-9,11-12H,2,10H2,1H3,(H,22,24). The van der Waals surface area contributed by atoms with Gasteiger partial charge in [-0.15, -0.1) is 10.2 Å². The molecule has 25 heavy (non-hydrogen) atoms. The first-order valence-electron chi connectivity index (χ1n) is 7.82. The van der Waals surface area contributed by atoms with Crippen LogP contribution in [0.4, 0.5) is 5.69 Å². The number of benzene rings is 2. The Morgan fingerprint density at radius 3 is 2.56 bits per heavy atom. The van der Waals surface area contributed by atoms with E-state index in [1.54, 1.807) is 17.2 Å². The van der Waals surface area contributed by atoms with Gasteiger partial charge in [0, 0.05) is 10.2 Å². The fourth-order valence-electron chi connectivity index (χ4n) is 2.31. The molecule has 7 heteroatoms. The number of halogens is 1. The average molecular weight is 401 g/mol. The van der Waals surface area contributed by atoms with Gasteiger partial charge in [0.15, 0.2) is 6.61 Å². The van der Waals surface area contributed by atoms with Crippen molar-refractivity contribution in [2.75, 3.05) is 11.9 Å². The van der Waals surface area contributed by atoms with Crippen LogP contribution >= 0.6 is 15.9 Å². The van der Waals surface area contributed by atoms with Gasteiger partial charge in [-0.3, -0.25) is 9.36 Å². The molecule has 0 bridgehead atoms. The number of ether oxygens (including phenoxy) is 1. The van der Waals surface area contributed by atoms with Gasteiger partial charge in [0.05, 0.1) is 5.69 Å². The predicted octanol–water partition coefficient (Wildman–Crippen LogP) is 3.61. The fourth-order valence-corrected chi connectivity index (χ4v) is 2.57. The topological polar surface area (TPSA) is 69.0 Å². The molecule has 0 saturated heterocycles. The van der Waals surface area contributed by atoms with Gasteiger partial charge < -0.3 is 10.1 Å². The molecule has 0 aliphatic carbocycles. The molecule has 0 aliphatic rings. The van der Waals surface area contributed by atoms with E-state index in [1.165, 1.54) is 0 Å². The third-order valence-corrected chi connectivity index (χ3v) is 4.14. The summed E-state index contributed by atoms with van der Waals surface area (Å²) in [4.78, 5) is 12.1. The van der Waals surface area contributed by atoms with E-state index in [2.05, 4.69) is 38.4 Å². The van der Waals surface area contributed by atoms with Gasteiger partial charge in [0.25, 0.3) is 5.91 Å². The van der Waals surface area contributed by atoms with Crippen molar-refractivity contribution in [3.63, 3.8) is 0 Å². The number of nitrogens with zero attached hydrogens (tertiary/aromatic N) is 3. The largest absolute Gasteiger partial charge is 0.482 e. The van der Waals surface area contributed by atoms with E-state index >= 15 is 0 Å². The quantitative estimate of drug-likeness (QED) is 0.685. The van der Waals surface area contributed by atoms with Crippen molar-refractivity contribution in [2.45, 2.75) is 13.3 Å². The SMILES string of the molecule is CCc1ccc(OCC(=O)Nc2ccc(Br)cc2)c(-n2cnnc2)c1. The number of nitrogens with one attached hydrogen (secondary N) is 1. The zero-order chi connectivity index (χ0) is 17.6. The number of amides is 1. The summed E-state index contributed by atoms with van der Waals surface area (Å²) in [6.45, 7) is 1.99. The second kappa shape index (κ2) is 7.94. The van der Waals surface area contributed by atoms with Crippen LogP contribution in [0.3, 0.4) is 0 Å². The molecule has 3 rings (SSSR count). The molecule has 0 fully saturated rings. The summed E-state index contributed by atoms with van der Waals surface area (Å²) in [5, 5.41) is 10.5. The summed E-state index contributed by atoms with van der Waals surface area (Å²) < 4.78 is 8.44. The van der Waals surface area contributed by atoms with Crippen LogP contribution in [0.25, 0.3) is 5.69 Å². The van der Waals surface area contributed by atoms with Gasteiger partial charge >= 0.3 is 0 Å². The number of hydrogen-bond acceptors (Lipinski definition) is 4. The van der Waals surface area contributed by atoms with Crippen molar-refractivity contribution in [1.82, 2.24) is 14.8 Å². The van der Waals surface area contributed by atoms with Gasteiger partial charge in [-0.2, -0.15) is 0 Å². The summed E-state index contributed by atoms with van der Waals surface area (Å²) in [6.07, 6.45) is 4.10. The Kier molecular flexibility index (Phi) is 5.45. The summed E-state index contributed by atoms with van der Waals surface area (Å²) in [7, 11) is 0. The summed E-state index contributed by atoms with van der Waals surface area (Å²) in [5.41, 5.74) is 2.69. The molecule has 0 unspecified atom stereocenters. The highest BCUT2D eigenvalue weighted by Gasteiger charge is 2.10. The first-order valence-corrected chi connectivity index (χ1v) is 8.61. The molecule has 3 aromatic rings. The number of carbonyl (C=O) groups excluding carboxylic acids is 1. The van der Waals surface area contributed by atoms with Crippen molar-refractivity contribution in [3.05, 3.63) is 65.2 Å². The molecule has 0 radical (unpaired) electrons. The monoisotopic (exact) mass is 400 g/mol. The smallest absolute Gasteiger partial charge is 0.262 e. The molecular weight excluding hydrogens is 384 g/mol. The fraction of sp³-hybridized carbons (Fsp3) is 0.167. The van der Waals surface area contributed by atoms with Crippen molar-refractivity contribution in [3.8, 4) is 11.4 Å². The van der Waals surface area contributed by atoms with Crippen molar-refractivity contribution >= 4 is 27.5 Å². The first kappa shape index (κ1) is 17.2. The maximum atomic E-state index is 12.1. The molecule has 0 aliphatic heterocycles. The third-order valence-electron chi connectivity index (χ3n) is 3.62. The molecule has 0 atom stereocenters. The second-order valence-corrected chi connectivity index (χ2v) is 6.28. The number of anilines is 1. The summed E-state index contributed by atoms with van der Waals surface area (Å²) >= 11 is 3.36. The van der Waals surface area contributed by atoms with E-state index in [1.807, 2.05) is 42.5 Å². The second-order valence-electron chi connectivity index (χ2n) is 5.37. The molecule has 6 nitrogen and oxygen atoms in total. The van der Waals surface area contributed by atoms with Crippen LogP contribution in [-0.4, -0.2) is 27.3 Å². The minimum atomic E-state index is -0.225. The summed E-state index contributed by atoms with van der Waals surface area (Å²) in [5.74, 6) is 0.375. The minimum absolute atomic E-state index is 0.0866. The van der Waals surface area contributed by atoms with Gasteiger partial charge in [0.1, 0.15) is 18.4 Å². The zero-order valence-electron chi connectivity index (χ0n) is 13.6. The van der Waals surface area contributed by atoms with Crippen molar-refractivity contribution in [2.24, 2.45) is 0 Å². The lowest BCUT2D eigenvalue weighted by Crippen LogP contribution is -2.20. The number of aromatic nitrogens is 3. The normalized spacial score (nSPS) is 10.5.